The molecule has 1 aromatic heterocycles. The number of nitrogens with one attached hydrogen (secondary N) is 1. The van der Waals surface area contributed by atoms with Crippen molar-refractivity contribution in [3.63, 3.8) is 0 Å². The summed E-state index contributed by atoms with van der Waals surface area (Å²) in [5.41, 5.74) is 0.724. The van der Waals surface area contributed by atoms with Crippen molar-refractivity contribution in [1.82, 2.24) is 10.3 Å². The van der Waals surface area contributed by atoms with Gasteiger partial charge in [0.15, 0.2) is 0 Å². The van der Waals surface area contributed by atoms with Crippen molar-refractivity contribution in [2.24, 2.45) is 0 Å². The molecular weight excluding hydrogens is 420 g/mol. The molecule has 0 aliphatic carbocycles. The first-order valence-corrected chi connectivity index (χ1v) is 9.65. The normalized spacial score (nSPS) is 11.1. The van der Waals surface area contributed by atoms with Gasteiger partial charge in [-0.25, -0.2) is 9.37 Å². The first-order chi connectivity index (χ1) is 13.4. The fourth-order valence-electron chi connectivity index (χ4n) is 2.24. The van der Waals surface area contributed by atoms with Crippen LogP contribution in [0.15, 0.2) is 47.8 Å². The van der Waals surface area contributed by atoms with Crippen LogP contribution in [0.25, 0.3) is 22.6 Å². The van der Waals surface area contributed by atoms with Crippen LogP contribution < -0.4 is 5.32 Å². The number of aliphatic hydroxyl groups excluding tert-OH is 1. The van der Waals surface area contributed by atoms with E-state index in [0.29, 0.717) is 16.3 Å². The number of rotatable bonds is 3. The van der Waals surface area contributed by atoms with E-state index in [2.05, 4.69) is 10.3 Å². The Morgan fingerprint density at radius 3 is 2.39 bits per heavy atom. The molecule has 3 aromatic rings. The molecule has 28 heavy (non-hydrogen) atoms. The highest BCUT2D eigenvalue weighted by Crippen LogP contribution is 2.35. The summed E-state index contributed by atoms with van der Waals surface area (Å²) in [5.74, 6) is -0.796. The van der Waals surface area contributed by atoms with Crippen LogP contribution in [-0.2, 0) is 0 Å². The van der Waals surface area contributed by atoms with Crippen molar-refractivity contribution >= 4 is 45.9 Å². The number of nitriles is 1. The number of aromatic nitrogens is 1. The van der Waals surface area contributed by atoms with Crippen LogP contribution in [0.4, 0.5) is 4.39 Å². The van der Waals surface area contributed by atoms with Gasteiger partial charge in [0.25, 0.3) is 0 Å². The Balaban J connectivity index is 0.000000878. The summed E-state index contributed by atoms with van der Waals surface area (Å²) in [4.78, 5) is 4.26. The van der Waals surface area contributed by atoms with E-state index in [1.54, 1.807) is 35.7 Å². The monoisotopic (exact) mass is 435 g/mol. The molecule has 0 radical (unpaired) electrons. The summed E-state index contributed by atoms with van der Waals surface area (Å²) >= 11 is 13.2. The second-order valence-electron chi connectivity index (χ2n) is 5.45. The van der Waals surface area contributed by atoms with E-state index < -0.39 is 5.82 Å². The van der Waals surface area contributed by atoms with Gasteiger partial charge in [0.1, 0.15) is 28.2 Å². The van der Waals surface area contributed by atoms with E-state index in [-0.39, 0.29) is 26.9 Å². The number of hydrogen-bond acceptors (Lipinski definition) is 5. The Kier molecular flexibility index (Phi) is 7.97. The topological polar surface area (TPSA) is 68.9 Å². The summed E-state index contributed by atoms with van der Waals surface area (Å²) < 4.78 is 14.0. The molecule has 0 saturated heterocycles. The predicted octanol–water partition coefficient (Wildman–Crippen LogP) is 6.04. The lowest BCUT2D eigenvalue weighted by atomic mass is 10.1. The zero-order valence-corrected chi connectivity index (χ0v) is 17.3. The molecule has 4 nitrogen and oxygen atoms in total. The van der Waals surface area contributed by atoms with Gasteiger partial charge in [-0.05, 0) is 38.4 Å². The third kappa shape index (κ3) is 4.89. The Bertz CT molecular complexity index is 1020. The van der Waals surface area contributed by atoms with E-state index in [0.717, 1.165) is 11.3 Å². The molecular formula is C20H16Cl2FN3OS. The minimum absolute atomic E-state index is 0.0446. The molecule has 2 aromatic carbocycles. The maximum absolute atomic E-state index is 14.0. The summed E-state index contributed by atoms with van der Waals surface area (Å²) in [6.07, 6.45) is 0. The first kappa shape index (κ1) is 21.9. The van der Waals surface area contributed by atoms with Crippen molar-refractivity contribution in [2.45, 2.75) is 0 Å². The molecule has 1 heterocycles. The summed E-state index contributed by atoms with van der Waals surface area (Å²) in [6.45, 7) is 0. The van der Waals surface area contributed by atoms with E-state index >= 15 is 0 Å². The molecule has 0 amide bonds. The van der Waals surface area contributed by atoms with Gasteiger partial charge in [-0.2, -0.15) is 5.26 Å². The maximum Gasteiger partial charge on any atom is 0.145 e. The molecule has 2 N–H and O–H groups in total. The van der Waals surface area contributed by atoms with Gasteiger partial charge < -0.3 is 10.4 Å². The van der Waals surface area contributed by atoms with Crippen LogP contribution in [0, 0.1) is 17.1 Å². The van der Waals surface area contributed by atoms with E-state index in [4.69, 9.17) is 23.2 Å². The van der Waals surface area contributed by atoms with Gasteiger partial charge >= 0.3 is 0 Å². The molecule has 0 saturated carbocycles. The Morgan fingerprint density at radius 2 is 1.79 bits per heavy atom. The number of aliphatic hydroxyl groups is 1. The highest BCUT2D eigenvalue weighted by molar-refractivity contribution is 7.11. The Labute approximate surface area is 176 Å². The highest BCUT2D eigenvalue weighted by Gasteiger charge is 2.19. The van der Waals surface area contributed by atoms with Crippen molar-refractivity contribution in [1.29, 1.82) is 5.26 Å². The van der Waals surface area contributed by atoms with Crippen molar-refractivity contribution in [3.8, 4) is 17.3 Å². The average molecular weight is 436 g/mol. The van der Waals surface area contributed by atoms with Crippen LogP contribution in [0.1, 0.15) is 10.6 Å². The number of benzene rings is 2. The fourth-order valence-corrected chi connectivity index (χ4v) is 3.53. The van der Waals surface area contributed by atoms with Gasteiger partial charge in [-0.15, -0.1) is 11.3 Å². The molecule has 3 rings (SSSR count). The van der Waals surface area contributed by atoms with Crippen molar-refractivity contribution in [3.05, 3.63) is 74.3 Å². The Hall–Kier alpha value is -2.43. The highest BCUT2D eigenvalue weighted by atomic mass is 35.5. The second-order valence-corrected chi connectivity index (χ2v) is 7.12. The third-order valence-electron chi connectivity index (χ3n) is 3.41. The summed E-state index contributed by atoms with van der Waals surface area (Å²) in [6, 6.07) is 12.9. The Morgan fingerprint density at radius 1 is 1.14 bits per heavy atom. The standard InChI is InChI=1S/C18H9Cl2FN2OS.C2H7N/c19-12-5-2-1-4-10(12)17(24)11(8-22)18-23-15(9-25-18)16-13(20)6-3-7-14(16)21;1-3-2/h1-7,9,24H;3H,1-2H3. The molecule has 0 spiro atoms. The second kappa shape index (κ2) is 10.2. The maximum atomic E-state index is 14.0. The first-order valence-electron chi connectivity index (χ1n) is 8.01. The van der Waals surface area contributed by atoms with Crippen LogP contribution in [0.2, 0.25) is 10.0 Å². The molecule has 0 aliphatic heterocycles. The van der Waals surface area contributed by atoms with Gasteiger partial charge in [-0.3, -0.25) is 0 Å². The lowest BCUT2D eigenvalue weighted by Crippen LogP contribution is -1.92. The quantitative estimate of drug-likeness (QED) is 0.388. The molecule has 0 aliphatic rings. The SMILES string of the molecule is CNC.N#CC(=C(O)c1ccccc1Cl)c1nc(-c2c(F)cccc2Cl)cs1. The molecule has 144 valence electrons. The minimum atomic E-state index is -0.512. The number of nitrogens with zero attached hydrogens (tertiary/aromatic N) is 2. The molecule has 0 bridgehead atoms. The van der Waals surface area contributed by atoms with Crippen molar-refractivity contribution < 1.29 is 9.50 Å². The van der Waals surface area contributed by atoms with E-state index in [9.17, 15) is 14.8 Å². The molecule has 0 atom stereocenters. The smallest absolute Gasteiger partial charge is 0.145 e. The zero-order chi connectivity index (χ0) is 20.7. The summed E-state index contributed by atoms with van der Waals surface area (Å²) in [7, 11) is 3.75. The zero-order valence-electron chi connectivity index (χ0n) is 15.0. The van der Waals surface area contributed by atoms with Gasteiger partial charge in [0, 0.05) is 10.9 Å². The number of halogens is 3. The predicted molar refractivity (Wildman–Crippen MR) is 114 cm³/mol. The van der Waals surface area contributed by atoms with Crippen LogP contribution >= 0.6 is 34.5 Å². The third-order valence-corrected chi connectivity index (χ3v) is 4.92. The largest absolute Gasteiger partial charge is 0.506 e. The summed E-state index contributed by atoms with van der Waals surface area (Å²) in [5, 5.41) is 25.0. The van der Waals surface area contributed by atoms with Gasteiger partial charge in [0.2, 0.25) is 0 Å². The lowest BCUT2D eigenvalue weighted by molar-refractivity contribution is 0.514. The van der Waals surface area contributed by atoms with Crippen LogP contribution in [-0.4, -0.2) is 24.2 Å². The number of thiazole rings is 1. The van der Waals surface area contributed by atoms with Crippen molar-refractivity contribution in [2.75, 3.05) is 14.1 Å². The lowest BCUT2D eigenvalue weighted by Gasteiger charge is -2.05. The van der Waals surface area contributed by atoms with Gasteiger partial charge in [0.05, 0.1) is 21.3 Å². The fraction of sp³-hybridized carbons (Fsp3) is 0.100. The molecule has 0 unspecified atom stereocenters. The minimum Gasteiger partial charge on any atom is -0.506 e. The average Bonchev–Trinajstić information content (AvgIpc) is 3.12. The number of allylic oxidation sites excluding steroid dienone is 1. The molecule has 0 fully saturated rings. The van der Waals surface area contributed by atoms with E-state index in [1.165, 1.54) is 12.1 Å². The van der Waals surface area contributed by atoms with Gasteiger partial charge in [-0.1, -0.05) is 41.4 Å². The van der Waals surface area contributed by atoms with E-state index in [1.807, 2.05) is 20.2 Å². The molecule has 8 heteroatoms. The van der Waals surface area contributed by atoms with Crippen LogP contribution in [0.3, 0.4) is 0 Å². The van der Waals surface area contributed by atoms with Crippen LogP contribution in [0.5, 0.6) is 0 Å². The number of hydrogen-bond donors (Lipinski definition) is 2.